The van der Waals surface area contributed by atoms with Crippen LogP contribution < -0.4 is 5.32 Å². The first kappa shape index (κ1) is 13.2. The van der Waals surface area contributed by atoms with Gasteiger partial charge in [0.2, 0.25) is 0 Å². The van der Waals surface area contributed by atoms with Gasteiger partial charge in [-0.05, 0) is 42.5 Å². The van der Waals surface area contributed by atoms with Crippen LogP contribution in [0.3, 0.4) is 0 Å². The molecule has 0 spiro atoms. The summed E-state index contributed by atoms with van der Waals surface area (Å²) in [5.74, 6) is 0. The molecular formula is C11H19BrN2S. The number of hydrogen-bond acceptors (Lipinski definition) is 3. The summed E-state index contributed by atoms with van der Waals surface area (Å²) < 4.78 is 1.19. The Kier molecular flexibility index (Phi) is 5.82. The van der Waals surface area contributed by atoms with Gasteiger partial charge in [-0.15, -0.1) is 11.3 Å². The highest BCUT2D eigenvalue weighted by Gasteiger charge is 2.12. The molecule has 1 unspecified atom stereocenters. The number of nitrogens with zero attached hydrogens (tertiary/aromatic N) is 1. The minimum atomic E-state index is 0.621. The van der Waals surface area contributed by atoms with E-state index in [4.69, 9.17) is 0 Å². The fraction of sp³-hybridized carbons (Fsp3) is 0.636. The molecule has 15 heavy (non-hydrogen) atoms. The topological polar surface area (TPSA) is 15.3 Å². The Hall–Kier alpha value is 0.1000. The van der Waals surface area contributed by atoms with Crippen LogP contribution in [-0.2, 0) is 6.54 Å². The molecule has 0 fully saturated rings. The van der Waals surface area contributed by atoms with Crippen LogP contribution in [0.2, 0.25) is 0 Å². The van der Waals surface area contributed by atoms with Crippen LogP contribution in [0.1, 0.15) is 18.2 Å². The number of likely N-dealkylation sites (N-methyl/N-ethyl adjacent to an activating group) is 2. The van der Waals surface area contributed by atoms with E-state index in [2.05, 4.69) is 51.6 Å². The molecular weight excluding hydrogens is 272 g/mol. The van der Waals surface area contributed by atoms with E-state index >= 15 is 0 Å². The van der Waals surface area contributed by atoms with Crippen molar-refractivity contribution in [3.05, 3.63) is 20.8 Å². The molecule has 0 saturated heterocycles. The van der Waals surface area contributed by atoms with E-state index in [1.165, 1.54) is 15.8 Å². The summed E-state index contributed by atoms with van der Waals surface area (Å²) >= 11 is 5.30. The normalized spacial score (nSPS) is 13.4. The molecule has 1 rings (SSSR count). The molecule has 0 aliphatic carbocycles. The van der Waals surface area contributed by atoms with Crippen LogP contribution in [0.15, 0.2) is 15.9 Å². The molecule has 2 nitrogen and oxygen atoms in total. The Balaban J connectivity index is 2.49. The van der Waals surface area contributed by atoms with Crippen molar-refractivity contribution < 1.29 is 0 Å². The van der Waals surface area contributed by atoms with Crippen molar-refractivity contribution in [1.29, 1.82) is 0 Å². The van der Waals surface area contributed by atoms with E-state index in [9.17, 15) is 0 Å². The molecule has 86 valence electrons. The summed E-state index contributed by atoms with van der Waals surface area (Å²) in [6, 6.07) is 2.82. The lowest BCUT2D eigenvalue weighted by atomic mass is 10.2. The molecule has 1 N–H and O–H groups in total. The molecule has 1 aromatic heterocycles. The van der Waals surface area contributed by atoms with Crippen LogP contribution in [0.4, 0.5) is 0 Å². The summed E-state index contributed by atoms with van der Waals surface area (Å²) in [5.41, 5.74) is 0. The van der Waals surface area contributed by atoms with Crippen molar-refractivity contribution in [1.82, 2.24) is 10.2 Å². The Morgan fingerprint density at radius 2 is 2.33 bits per heavy atom. The van der Waals surface area contributed by atoms with Gasteiger partial charge in [0.05, 0.1) is 0 Å². The molecule has 0 aliphatic rings. The van der Waals surface area contributed by atoms with Gasteiger partial charge in [0.15, 0.2) is 0 Å². The first-order chi connectivity index (χ1) is 7.17. The summed E-state index contributed by atoms with van der Waals surface area (Å²) in [7, 11) is 4.21. The fourth-order valence-corrected chi connectivity index (χ4v) is 3.17. The minimum Gasteiger partial charge on any atom is -0.318 e. The van der Waals surface area contributed by atoms with Gasteiger partial charge < -0.3 is 5.32 Å². The van der Waals surface area contributed by atoms with Crippen molar-refractivity contribution in [3.63, 3.8) is 0 Å². The van der Waals surface area contributed by atoms with Crippen LogP contribution in [0.5, 0.6) is 0 Å². The molecule has 0 amide bonds. The number of halogens is 1. The molecule has 0 radical (unpaired) electrons. The van der Waals surface area contributed by atoms with Gasteiger partial charge in [-0.1, -0.05) is 6.92 Å². The Morgan fingerprint density at radius 3 is 2.80 bits per heavy atom. The highest BCUT2D eigenvalue weighted by atomic mass is 79.9. The number of thiophene rings is 1. The average Bonchev–Trinajstić information content (AvgIpc) is 2.60. The number of rotatable bonds is 6. The Bertz CT molecular complexity index is 288. The summed E-state index contributed by atoms with van der Waals surface area (Å²) in [6.07, 6.45) is 1.18. The van der Waals surface area contributed by atoms with Gasteiger partial charge in [0.25, 0.3) is 0 Å². The summed E-state index contributed by atoms with van der Waals surface area (Å²) in [4.78, 5) is 3.83. The lowest BCUT2D eigenvalue weighted by molar-refractivity contribution is 0.226. The molecule has 0 aliphatic heterocycles. The zero-order valence-electron chi connectivity index (χ0n) is 9.59. The fourth-order valence-electron chi connectivity index (χ4n) is 1.66. The number of hydrogen-bond donors (Lipinski definition) is 1. The van der Waals surface area contributed by atoms with E-state index in [0.717, 1.165) is 13.1 Å². The van der Waals surface area contributed by atoms with Gasteiger partial charge >= 0.3 is 0 Å². The van der Waals surface area contributed by atoms with E-state index < -0.39 is 0 Å². The van der Waals surface area contributed by atoms with E-state index in [-0.39, 0.29) is 0 Å². The molecule has 1 atom stereocenters. The average molecular weight is 291 g/mol. The maximum absolute atomic E-state index is 3.49. The van der Waals surface area contributed by atoms with E-state index in [1.807, 2.05) is 18.4 Å². The minimum absolute atomic E-state index is 0.621. The lowest BCUT2D eigenvalue weighted by Gasteiger charge is -2.26. The van der Waals surface area contributed by atoms with Gasteiger partial charge in [-0.25, -0.2) is 0 Å². The van der Waals surface area contributed by atoms with Gasteiger partial charge in [0.1, 0.15) is 0 Å². The third kappa shape index (κ3) is 4.23. The largest absolute Gasteiger partial charge is 0.318 e. The second kappa shape index (κ2) is 6.63. The van der Waals surface area contributed by atoms with Crippen molar-refractivity contribution >= 4 is 27.3 Å². The highest BCUT2D eigenvalue weighted by Crippen LogP contribution is 2.21. The monoisotopic (exact) mass is 290 g/mol. The van der Waals surface area contributed by atoms with Gasteiger partial charge in [-0.3, -0.25) is 4.90 Å². The lowest BCUT2D eigenvalue weighted by Crippen LogP contribution is -2.37. The zero-order valence-corrected chi connectivity index (χ0v) is 12.0. The predicted octanol–water partition coefficient (Wildman–Crippen LogP) is 2.94. The summed E-state index contributed by atoms with van der Waals surface area (Å²) in [6.45, 7) is 4.33. The highest BCUT2D eigenvalue weighted by molar-refractivity contribution is 9.10. The summed E-state index contributed by atoms with van der Waals surface area (Å²) in [5, 5.41) is 5.38. The van der Waals surface area contributed by atoms with Crippen LogP contribution in [-0.4, -0.2) is 31.6 Å². The van der Waals surface area contributed by atoms with Crippen molar-refractivity contribution in [2.75, 3.05) is 20.6 Å². The molecule has 4 heteroatoms. The van der Waals surface area contributed by atoms with Crippen molar-refractivity contribution in [2.45, 2.75) is 25.9 Å². The Morgan fingerprint density at radius 1 is 1.60 bits per heavy atom. The van der Waals surface area contributed by atoms with Crippen molar-refractivity contribution in [3.8, 4) is 0 Å². The second-order valence-corrected chi connectivity index (χ2v) is 5.68. The number of nitrogens with one attached hydrogen (secondary N) is 1. The SMILES string of the molecule is CCC(CNC)N(C)Cc1cc(Br)cs1. The third-order valence-corrected chi connectivity index (χ3v) is 4.24. The quantitative estimate of drug-likeness (QED) is 0.867. The molecule has 1 aromatic rings. The third-order valence-electron chi connectivity index (χ3n) is 2.56. The van der Waals surface area contributed by atoms with Crippen LogP contribution >= 0.6 is 27.3 Å². The second-order valence-electron chi connectivity index (χ2n) is 3.77. The van der Waals surface area contributed by atoms with E-state index in [1.54, 1.807) is 0 Å². The molecule has 0 aromatic carbocycles. The van der Waals surface area contributed by atoms with Gasteiger partial charge in [0, 0.05) is 33.9 Å². The first-order valence-corrected chi connectivity index (χ1v) is 6.92. The molecule has 1 heterocycles. The molecule has 0 saturated carbocycles. The van der Waals surface area contributed by atoms with Gasteiger partial charge in [-0.2, -0.15) is 0 Å². The maximum Gasteiger partial charge on any atom is 0.0328 e. The van der Waals surface area contributed by atoms with Crippen molar-refractivity contribution in [2.24, 2.45) is 0 Å². The first-order valence-electron chi connectivity index (χ1n) is 5.25. The Labute approximate surface area is 105 Å². The van der Waals surface area contributed by atoms with Crippen LogP contribution in [0.25, 0.3) is 0 Å². The van der Waals surface area contributed by atoms with Crippen LogP contribution in [0, 0.1) is 0 Å². The maximum atomic E-state index is 3.49. The smallest absolute Gasteiger partial charge is 0.0328 e. The molecule has 0 bridgehead atoms. The standard InChI is InChI=1S/C11H19BrN2S/c1-4-10(6-13-2)14(3)7-11-5-9(12)8-15-11/h5,8,10,13H,4,6-7H2,1-3H3. The zero-order chi connectivity index (χ0) is 11.3. The predicted molar refractivity (Wildman–Crippen MR) is 71.5 cm³/mol. The van der Waals surface area contributed by atoms with E-state index in [0.29, 0.717) is 6.04 Å².